The van der Waals surface area contributed by atoms with Crippen LogP contribution in [0.4, 0.5) is 5.95 Å². The highest BCUT2D eigenvalue weighted by molar-refractivity contribution is 9.10. The molecule has 0 unspecified atom stereocenters. The van der Waals surface area contributed by atoms with Crippen LogP contribution in [0.1, 0.15) is 17.3 Å². The minimum atomic E-state index is -0.502. The molecular formula is C11H11BrN4O3. The van der Waals surface area contributed by atoms with E-state index in [1.54, 1.807) is 13.0 Å². The van der Waals surface area contributed by atoms with Gasteiger partial charge < -0.3 is 9.84 Å². The number of nitrogens with one attached hydrogen (secondary N) is 2. The first-order valence-corrected chi connectivity index (χ1v) is 6.24. The molecule has 2 aromatic rings. The summed E-state index contributed by atoms with van der Waals surface area (Å²) in [6.07, 6.45) is 0. The Hall–Kier alpha value is -2.09. The largest absolute Gasteiger partial charge is 0.507 e. The zero-order valence-electron chi connectivity index (χ0n) is 9.98. The molecule has 0 saturated heterocycles. The molecule has 7 nitrogen and oxygen atoms in total. The Morgan fingerprint density at radius 1 is 1.58 bits per heavy atom. The van der Waals surface area contributed by atoms with Gasteiger partial charge in [-0.15, -0.1) is 5.10 Å². The van der Waals surface area contributed by atoms with Crippen molar-refractivity contribution in [2.24, 2.45) is 0 Å². The predicted molar refractivity (Wildman–Crippen MR) is 71.3 cm³/mol. The second-order valence-electron chi connectivity index (χ2n) is 3.52. The molecule has 8 heteroatoms. The predicted octanol–water partition coefficient (Wildman–Crippen LogP) is 1.92. The van der Waals surface area contributed by atoms with E-state index >= 15 is 0 Å². The van der Waals surface area contributed by atoms with E-state index < -0.39 is 5.91 Å². The Balaban J connectivity index is 2.13. The molecule has 1 heterocycles. The number of H-pyrrole nitrogens is 1. The maximum Gasteiger partial charge on any atom is 0.337 e. The Morgan fingerprint density at radius 3 is 3.11 bits per heavy atom. The summed E-state index contributed by atoms with van der Waals surface area (Å²) in [4.78, 5) is 15.8. The summed E-state index contributed by atoms with van der Waals surface area (Å²) in [5.74, 6) is -0.476. The van der Waals surface area contributed by atoms with Crippen LogP contribution in [0.3, 0.4) is 0 Å². The molecule has 0 atom stereocenters. The van der Waals surface area contributed by atoms with Gasteiger partial charge in [0.2, 0.25) is 5.95 Å². The quantitative estimate of drug-likeness (QED) is 0.797. The molecule has 0 aliphatic rings. The molecule has 0 aliphatic heterocycles. The zero-order valence-corrected chi connectivity index (χ0v) is 11.6. The van der Waals surface area contributed by atoms with Gasteiger partial charge in [-0.2, -0.15) is 4.98 Å². The van der Waals surface area contributed by atoms with Crippen LogP contribution in [-0.4, -0.2) is 32.8 Å². The Morgan fingerprint density at radius 2 is 2.37 bits per heavy atom. The fraction of sp³-hybridized carbons (Fsp3) is 0.182. The van der Waals surface area contributed by atoms with Gasteiger partial charge >= 0.3 is 6.01 Å². The van der Waals surface area contributed by atoms with Crippen LogP contribution in [0, 0.1) is 0 Å². The number of ether oxygens (including phenoxy) is 1. The summed E-state index contributed by atoms with van der Waals surface area (Å²) < 4.78 is 5.74. The summed E-state index contributed by atoms with van der Waals surface area (Å²) >= 11 is 3.23. The molecule has 0 bridgehead atoms. The van der Waals surface area contributed by atoms with Crippen molar-refractivity contribution in [1.82, 2.24) is 15.2 Å². The van der Waals surface area contributed by atoms with Gasteiger partial charge in [0.15, 0.2) is 0 Å². The number of phenols is 1. The van der Waals surface area contributed by atoms with Crippen LogP contribution in [0.2, 0.25) is 0 Å². The fourth-order valence-corrected chi connectivity index (χ4v) is 1.72. The molecule has 0 spiro atoms. The highest BCUT2D eigenvalue weighted by atomic mass is 79.9. The number of anilines is 1. The molecule has 1 aromatic heterocycles. The number of aromatic amines is 1. The van der Waals surface area contributed by atoms with Crippen molar-refractivity contribution >= 4 is 27.8 Å². The number of carbonyl (C=O) groups excluding carboxylic acids is 1. The lowest BCUT2D eigenvalue weighted by molar-refractivity contribution is 0.102. The Labute approximate surface area is 117 Å². The average Bonchev–Trinajstić information content (AvgIpc) is 2.80. The highest BCUT2D eigenvalue weighted by Crippen LogP contribution is 2.22. The van der Waals surface area contributed by atoms with Crippen LogP contribution >= 0.6 is 15.9 Å². The molecular weight excluding hydrogens is 316 g/mol. The minimum Gasteiger partial charge on any atom is -0.507 e. The third-order valence-electron chi connectivity index (χ3n) is 2.17. The van der Waals surface area contributed by atoms with Gasteiger partial charge in [0.05, 0.1) is 12.2 Å². The van der Waals surface area contributed by atoms with Gasteiger partial charge in [-0.25, -0.2) is 5.10 Å². The van der Waals surface area contributed by atoms with Crippen LogP contribution in [0.15, 0.2) is 22.7 Å². The average molecular weight is 327 g/mol. The molecule has 19 heavy (non-hydrogen) atoms. The topological polar surface area (TPSA) is 100 Å². The number of benzene rings is 1. The maximum atomic E-state index is 11.9. The van der Waals surface area contributed by atoms with Gasteiger partial charge in [-0.05, 0) is 25.1 Å². The number of amides is 1. The molecule has 0 aliphatic carbocycles. The molecule has 0 saturated carbocycles. The van der Waals surface area contributed by atoms with E-state index in [-0.39, 0.29) is 23.3 Å². The number of nitrogens with zero attached hydrogens (tertiary/aromatic N) is 2. The third kappa shape index (κ3) is 3.22. The van der Waals surface area contributed by atoms with Crippen molar-refractivity contribution in [3.63, 3.8) is 0 Å². The molecule has 3 N–H and O–H groups in total. The minimum absolute atomic E-state index is 0.120. The SMILES string of the molecule is CCOc1n[nH]c(NC(=O)c2cc(Br)ccc2O)n1. The molecule has 0 radical (unpaired) electrons. The Bertz CT molecular complexity index is 599. The number of carbonyl (C=O) groups is 1. The van der Waals surface area contributed by atoms with Crippen molar-refractivity contribution in [1.29, 1.82) is 0 Å². The first-order valence-electron chi connectivity index (χ1n) is 5.45. The van der Waals surface area contributed by atoms with E-state index in [1.807, 2.05) is 0 Å². The van der Waals surface area contributed by atoms with Gasteiger partial charge in [0.25, 0.3) is 5.91 Å². The number of hydrogen-bond acceptors (Lipinski definition) is 5. The van der Waals surface area contributed by atoms with E-state index in [0.717, 1.165) is 0 Å². The first kappa shape index (κ1) is 13.3. The van der Waals surface area contributed by atoms with Crippen LogP contribution < -0.4 is 10.1 Å². The van der Waals surface area contributed by atoms with Gasteiger partial charge in [-0.3, -0.25) is 10.1 Å². The van der Waals surface area contributed by atoms with Crippen molar-refractivity contribution < 1.29 is 14.6 Å². The summed E-state index contributed by atoms with van der Waals surface area (Å²) in [7, 11) is 0. The summed E-state index contributed by atoms with van der Waals surface area (Å²) in [5.41, 5.74) is 0.128. The second-order valence-corrected chi connectivity index (χ2v) is 4.43. The van der Waals surface area contributed by atoms with Gasteiger partial charge in [0.1, 0.15) is 5.75 Å². The normalized spacial score (nSPS) is 10.2. The fourth-order valence-electron chi connectivity index (χ4n) is 1.36. The lowest BCUT2D eigenvalue weighted by Gasteiger charge is -2.04. The molecule has 1 aromatic carbocycles. The van der Waals surface area contributed by atoms with Gasteiger partial charge in [0, 0.05) is 4.47 Å². The second kappa shape index (κ2) is 5.70. The summed E-state index contributed by atoms with van der Waals surface area (Å²) in [6.45, 7) is 2.23. The number of aromatic nitrogens is 3. The van der Waals surface area contributed by atoms with Crippen LogP contribution in [-0.2, 0) is 0 Å². The van der Waals surface area contributed by atoms with Crippen molar-refractivity contribution in [3.05, 3.63) is 28.2 Å². The smallest absolute Gasteiger partial charge is 0.337 e. The standard InChI is InChI=1S/C11H11BrN4O3/c1-2-19-11-14-10(15-16-11)13-9(18)7-5-6(12)3-4-8(7)17/h3-5,17H,2H2,1H3,(H2,13,14,15,16,18). The van der Waals surface area contributed by atoms with Crippen LogP contribution in [0.25, 0.3) is 0 Å². The van der Waals surface area contributed by atoms with Gasteiger partial charge in [-0.1, -0.05) is 15.9 Å². The summed E-state index contributed by atoms with van der Waals surface area (Å²) in [6, 6.07) is 4.71. The highest BCUT2D eigenvalue weighted by Gasteiger charge is 2.14. The number of aromatic hydroxyl groups is 1. The van der Waals surface area contributed by atoms with E-state index in [9.17, 15) is 9.90 Å². The molecule has 100 valence electrons. The number of hydrogen-bond donors (Lipinski definition) is 3. The summed E-state index contributed by atoms with van der Waals surface area (Å²) in [5, 5.41) is 18.4. The molecule has 0 fully saturated rings. The number of rotatable bonds is 4. The maximum absolute atomic E-state index is 11.9. The monoisotopic (exact) mass is 326 g/mol. The van der Waals surface area contributed by atoms with E-state index in [1.165, 1.54) is 12.1 Å². The lowest BCUT2D eigenvalue weighted by atomic mass is 10.2. The van der Waals surface area contributed by atoms with E-state index in [2.05, 4.69) is 36.4 Å². The van der Waals surface area contributed by atoms with E-state index in [4.69, 9.17) is 4.74 Å². The first-order chi connectivity index (χ1) is 9.10. The molecule has 1 amide bonds. The van der Waals surface area contributed by atoms with E-state index in [0.29, 0.717) is 11.1 Å². The van der Waals surface area contributed by atoms with Crippen molar-refractivity contribution in [2.45, 2.75) is 6.92 Å². The zero-order chi connectivity index (χ0) is 13.8. The Kier molecular flexibility index (Phi) is 4.00. The number of phenolic OH excluding ortho intramolecular Hbond substituents is 1. The van der Waals surface area contributed by atoms with Crippen molar-refractivity contribution in [3.8, 4) is 11.8 Å². The lowest BCUT2D eigenvalue weighted by Crippen LogP contribution is -2.13. The van der Waals surface area contributed by atoms with Crippen molar-refractivity contribution in [2.75, 3.05) is 11.9 Å². The number of halogens is 1. The third-order valence-corrected chi connectivity index (χ3v) is 2.67. The molecule has 2 rings (SSSR count). The van der Waals surface area contributed by atoms with Crippen LogP contribution in [0.5, 0.6) is 11.8 Å².